The Labute approximate surface area is 177 Å². The number of hydrogen-bond acceptors (Lipinski definition) is 2. The van der Waals surface area contributed by atoms with Gasteiger partial charge in [0, 0.05) is 0 Å². The smallest absolute Gasteiger partial charge is 0.235 e. The lowest BCUT2D eigenvalue weighted by Crippen LogP contribution is -2.26. The predicted octanol–water partition coefficient (Wildman–Crippen LogP) is 6.38. The number of para-hydroxylation sites is 2. The van der Waals surface area contributed by atoms with Crippen molar-refractivity contribution in [1.82, 2.24) is 0 Å². The van der Waals surface area contributed by atoms with Crippen molar-refractivity contribution >= 4 is 33.6 Å². The third-order valence-corrected chi connectivity index (χ3v) is 6.44. The molecule has 4 aromatic carbocycles. The fourth-order valence-corrected chi connectivity index (χ4v) is 4.66. The van der Waals surface area contributed by atoms with Gasteiger partial charge in [0.2, 0.25) is 0 Å². The summed E-state index contributed by atoms with van der Waals surface area (Å²) in [6, 6.07) is 35.2. The molecule has 0 spiro atoms. The standard InChI is InChI=1S/C26H21NO2S/c28-30(29,27(24-12-6-2-7-13-24)25-14-8-3-9-15-25)26-20-18-23(19-21-26)17-16-22-10-4-1-5-11-22/h1-21H/b17-16+. The van der Waals surface area contributed by atoms with E-state index >= 15 is 0 Å². The van der Waals surface area contributed by atoms with Crippen LogP contribution in [-0.2, 0) is 10.0 Å². The summed E-state index contributed by atoms with van der Waals surface area (Å²) in [4.78, 5) is 0.243. The second-order valence-corrected chi connectivity index (χ2v) is 8.54. The van der Waals surface area contributed by atoms with Crippen LogP contribution in [0.3, 0.4) is 0 Å². The van der Waals surface area contributed by atoms with E-state index in [-0.39, 0.29) is 4.90 Å². The monoisotopic (exact) mass is 411 g/mol. The molecule has 30 heavy (non-hydrogen) atoms. The van der Waals surface area contributed by atoms with Crippen LogP contribution in [0.15, 0.2) is 120 Å². The van der Waals surface area contributed by atoms with Crippen molar-refractivity contribution in [3.8, 4) is 0 Å². The number of benzene rings is 4. The summed E-state index contributed by atoms with van der Waals surface area (Å²) in [5, 5.41) is 0. The van der Waals surface area contributed by atoms with Crippen LogP contribution in [-0.4, -0.2) is 8.42 Å². The number of rotatable bonds is 6. The van der Waals surface area contributed by atoms with Crippen LogP contribution in [0.4, 0.5) is 11.4 Å². The minimum absolute atomic E-state index is 0.243. The van der Waals surface area contributed by atoms with Crippen molar-refractivity contribution in [3.63, 3.8) is 0 Å². The molecule has 0 aromatic heterocycles. The van der Waals surface area contributed by atoms with Crippen molar-refractivity contribution in [1.29, 1.82) is 0 Å². The lowest BCUT2D eigenvalue weighted by atomic mass is 10.1. The molecule has 0 saturated heterocycles. The maximum atomic E-state index is 13.5. The zero-order valence-electron chi connectivity index (χ0n) is 16.3. The summed E-state index contributed by atoms with van der Waals surface area (Å²) in [5.41, 5.74) is 3.21. The molecule has 0 fully saturated rings. The normalized spacial score (nSPS) is 11.5. The predicted molar refractivity (Wildman–Crippen MR) is 124 cm³/mol. The molecule has 148 valence electrons. The fourth-order valence-electron chi connectivity index (χ4n) is 3.17. The van der Waals surface area contributed by atoms with E-state index in [1.807, 2.05) is 91.0 Å². The first kappa shape index (κ1) is 19.7. The van der Waals surface area contributed by atoms with E-state index in [0.717, 1.165) is 11.1 Å². The summed E-state index contributed by atoms with van der Waals surface area (Å²) in [7, 11) is -3.78. The molecule has 0 aliphatic heterocycles. The third-order valence-electron chi connectivity index (χ3n) is 4.67. The Morgan fingerprint density at radius 3 is 1.37 bits per heavy atom. The summed E-state index contributed by atoms with van der Waals surface area (Å²) in [6.07, 6.45) is 3.97. The van der Waals surface area contributed by atoms with Crippen LogP contribution in [0.5, 0.6) is 0 Å². The average Bonchev–Trinajstić information content (AvgIpc) is 2.80. The lowest BCUT2D eigenvalue weighted by Gasteiger charge is -2.24. The molecule has 0 unspecified atom stereocenters. The van der Waals surface area contributed by atoms with Gasteiger partial charge in [-0.15, -0.1) is 0 Å². The van der Waals surface area contributed by atoms with E-state index in [1.165, 1.54) is 4.31 Å². The van der Waals surface area contributed by atoms with Crippen molar-refractivity contribution in [3.05, 3.63) is 126 Å². The maximum Gasteiger partial charge on any atom is 0.268 e. The molecule has 4 heteroatoms. The van der Waals surface area contributed by atoms with Crippen molar-refractivity contribution in [2.75, 3.05) is 4.31 Å². The summed E-state index contributed by atoms with van der Waals surface area (Å²) in [6.45, 7) is 0. The first-order chi connectivity index (χ1) is 14.6. The van der Waals surface area contributed by atoms with Gasteiger partial charge in [-0.1, -0.05) is 91.0 Å². The minimum atomic E-state index is -3.78. The molecule has 0 aliphatic carbocycles. The van der Waals surface area contributed by atoms with Crippen molar-refractivity contribution in [2.45, 2.75) is 4.90 Å². The van der Waals surface area contributed by atoms with Gasteiger partial charge in [0.05, 0.1) is 16.3 Å². The van der Waals surface area contributed by atoms with Crippen LogP contribution in [0.25, 0.3) is 12.2 Å². The fraction of sp³-hybridized carbons (Fsp3) is 0. The van der Waals surface area contributed by atoms with E-state index in [2.05, 4.69) is 0 Å². The Bertz CT molecular complexity index is 1180. The third kappa shape index (κ3) is 4.34. The number of hydrogen-bond donors (Lipinski definition) is 0. The molecule has 0 bridgehead atoms. The Balaban J connectivity index is 1.68. The van der Waals surface area contributed by atoms with Gasteiger partial charge in [0.15, 0.2) is 0 Å². The van der Waals surface area contributed by atoms with E-state index in [1.54, 1.807) is 36.4 Å². The largest absolute Gasteiger partial charge is 0.268 e. The van der Waals surface area contributed by atoms with E-state index in [9.17, 15) is 8.42 Å². The van der Waals surface area contributed by atoms with Gasteiger partial charge in [-0.3, -0.25) is 0 Å². The Hall–Kier alpha value is -3.63. The van der Waals surface area contributed by atoms with Gasteiger partial charge in [0.25, 0.3) is 10.0 Å². The van der Waals surface area contributed by atoms with Crippen molar-refractivity contribution in [2.24, 2.45) is 0 Å². The SMILES string of the molecule is O=S(=O)(c1ccc(/C=C/c2ccccc2)cc1)N(c1ccccc1)c1ccccc1. The van der Waals surface area contributed by atoms with Crippen LogP contribution >= 0.6 is 0 Å². The van der Waals surface area contributed by atoms with Crippen molar-refractivity contribution < 1.29 is 8.42 Å². The number of anilines is 2. The zero-order chi connectivity index (χ0) is 20.8. The minimum Gasteiger partial charge on any atom is -0.235 e. The van der Waals surface area contributed by atoms with Crippen LogP contribution in [0, 0.1) is 0 Å². The Kier molecular flexibility index (Phi) is 5.77. The molecule has 0 heterocycles. The van der Waals surface area contributed by atoms with Gasteiger partial charge in [-0.2, -0.15) is 0 Å². The molecule has 4 rings (SSSR count). The van der Waals surface area contributed by atoms with Crippen LogP contribution in [0.1, 0.15) is 11.1 Å². The maximum absolute atomic E-state index is 13.5. The molecule has 0 aliphatic rings. The Morgan fingerprint density at radius 1 is 0.500 bits per heavy atom. The first-order valence-corrected chi connectivity index (χ1v) is 11.1. The van der Waals surface area contributed by atoms with Crippen LogP contribution < -0.4 is 4.31 Å². The van der Waals surface area contributed by atoms with Gasteiger partial charge in [-0.05, 0) is 47.5 Å². The number of nitrogens with zero attached hydrogens (tertiary/aromatic N) is 1. The molecule has 0 saturated carbocycles. The topological polar surface area (TPSA) is 37.4 Å². The van der Waals surface area contributed by atoms with E-state index < -0.39 is 10.0 Å². The summed E-state index contributed by atoms with van der Waals surface area (Å²) in [5.74, 6) is 0. The highest BCUT2D eigenvalue weighted by Crippen LogP contribution is 2.32. The van der Waals surface area contributed by atoms with E-state index in [4.69, 9.17) is 0 Å². The van der Waals surface area contributed by atoms with Gasteiger partial charge in [0.1, 0.15) is 0 Å². The van der Waals surface area contributed by atoms with Gasteiger partial charge in [-0.25, -0.2) is 12.7 Å². The highest BCUT2D eigenvalue weighted by Gasteiger charge is 2.26. The van der Waals surface area contributed by atoms with Gasteiger partial charge < -0.3 is 0 Å². The second-order valence-electron chi connectivity index (χ2n) is 6.75. The highest BCUT2D eigenvalue weighted by atomic mass is 32.2. The molecular weight excluding hydrogens is 390 g/mol. The average molecular weight is 412 g/mol. The molecule has 0 N–H and O–H groups in total. The first-order valence-electron chi connectivity index (χ1n) is 9.63. The lowest BCUT2D eigenvalue weighted by molar-refractivity contribution is 0.596. The number of sulfonamides is 1. The molecule has 3 nitrogen and oxygen atoms in total. The molecule has 0 amide bonds. The summed E-state index contributed by atoms with van der Waals surface area (Å²) >= 11 is 0. The molecule has 0 radical (unpaired) electrons. The quantitative estimate of drug-likeness (QED) is 0.345. The molecule has 0 atom stereocenters. The van der Waals surface area contributed by atoms with Gasteiger partial charge >= 0.3 is 0 Å². The zero-order valence-corrected chi connectivity index (χ0v) is 17.1. The summed E-state index contributed by atoms with van der Waals surface area (Å²) < 4.78 is 28.4. The second kappa shape index (κ2) is 8.80. The van der Waals surface area contributed by atoms with E-state index in [0.29, 0.717) is 11.4 Å². The highest BCUT2D eigenvalue weighted by molar-refractivity contribution is 7.93. The molecule has 4 aromatic rings. The van der Waals surface area contributed by atoms with Crippen LogP contribution in [0.2, 0.25) is 0 Å². The Morgan fingerprint density at radius 2 is 0.900 bits per heavy atom. The molecular formula is C26H21NO2S.